The summed E-state index contributed by atoms with van der Waals surface area (Å²) in [5, 5.41) is 17.5. The number of ether oxygens (including phenoxy) is 1. The number of benzene rings is 2. The first-order chi connectivity index (χ1) is 11.9. The van der Waals surface area contributed by atoms with E-state index in [0.29, 0.717) is 30.3 Å². The molecule has 0 aromatic heterocycles. The molecule has 2 aromatic carbocycles. The zero-order valence-corrected chi connectivity index (χ0v) is 18.5. The van der Waals surface area contributed by atoms with Crippen molar-refractivity contribution in [2.24, 2.45) is 0 Å². The average molecular weight is 530 g/mol. The maximum Gasteiger partial charge on any atom is 0.271 e. The van der Waals surface area contributed by atoms with Gasteiger partial charge in [0.1, 0.15) is 5.75 Å². The molecule has 0 atom stereocenters. The lowest BCUT2D eigenvalue weighted by molar-refractivity contribution is -0.384. The average Bonchev–Trinajstić information content (AvgIpc) is 2.55. The van der Waals surface area contributed by atoms with Crippen LogP contribution in [0.25, 0.3) is 0 Å². The molecule has 2 aromatic rings. The highest BCUT2D eigenvalue weighted by Crippen LogP contribution is 2.32. The summed E-state index contributed by atoms with van der Waals surface area (Å²) in [6, 6.07) is 8.29. The van der Waals surface area contributed by atoms with Gasteiger partial charge in [-0.25, -0.2) is 0 Å². The Hall–Kier alpha value is -1.06. The van der Waals surface area contributed by atoms with Crippen LogP contribution in [0.5, 0.6) is 5.75 Å². The van der Waals surface area contributed by atoms with Crippen LogP contribution in [0.4, 0.5) is 11.4 Å². The minimum Gasteiger partial charge on any atom is -0.495 e. The van der Waals surface area contributed by atoms with Gasteiger partial charge in [0, 0.05) is 41.8 Å². The Morgan fingerprint density at radius 2 is 1.96 bits per heavy atom. The third-order valence-corrected chi connectivity index (χ3v) is 4.75. The van der Waals surface area contributed by atoms with Gasteiger partial charge in [-0.15, -0.1) is 12.4 Å². The fourth-order valence-corrected chi connectivity index (χ4v) is 3.96. The van der Waals surface area contributed by atoms with Crippen molar-refractivity contribution in [3.05, 3.63) is 60.0 Å². The van der Waals surface area contributed by atoms with E-state index in [-0.39, 0.29) is 18.1 Å². The van der Waals surface area contributed by atoms with Gasteiger partial charge in [-0.3, -0.25) is 10.1 Å². The summed E-state index contributed by atoms with van der Waals surface area (Å²) in [7, 11) is 1.63. The topological polar surface area (TPSA) is 76.4 Å². The van der Waals surface area contributed by atoms with Gasteiger partial charge in [0.15, 0.2) is 0 Å². The first-order valence-corrected chi connectivity index (χ1v) is 9.29. The van der Waals surface area contributed by atoms with E-state index in [1.165, 1.54) is 12.1 Å². The first kappa shape index (κ1) is 23.0. The Morgan fingerprint density at radius 1 is 1.23 bits per heavy atom. The van der Waals surface area contributed by atoms with Crippen LogP contribution in [-0.2, 0) is 6.54 Å². The summed E-state index contributed by atoms with van der Waals surface area (Å²) in [5.41, 5.74) is 1.66. The number of nitro benzene ring substituents is 1. The normalized spacial score (nSPS) is 10.2. The second-order valence-corrected chi connectivity index (χ2v) is 7.28. The van der Waals surface area contributed by atoms with Crippen molar-refractivity contribution in [3.63, 3.8) is 0 Å². The minimum atomic E-state index is -0.472. The molecule has 2 N–H and O–H groups in total. The van der Waals surface area contributed by atoms with Crippen molar-refractivity contribution < 1.29 is 9.66 Å². The number of nitrogens with zero attached hydrogens (tertiary/aromatic N) is 1. The quantitative estimate of drug-likeness (QED) is 0.272. The molecule has 142 valence electrons. The van der Waals surface area contributed by atoms with E-state index in [2.05, 4.69) is 42.5 Å². The fourth-order valence-electron chi connectivity index (χ4n) is 2.24. The molecule has 26 heavy (non-hydrogen) atoms. The number of anilines is 1. The van der Waals surface area contributed by atoms with E-state index >= 15 is 0 Å². The Balaban J connectivity index is 0.00000338. The Kier molecular flexibility index (Phi) is 9.67. The van der Waals surface area contributed by atoms with Crippen LogP contribution >= 0.6 is 55.9 Å². The lowest BCUT2D eigenvalue weighted by atomic mass is 10.2. The van der Waals surface area contributed by atoms with Gasteiger partial charge in [-0.05, 0) is 34.1 Å². The molecular weight excluding hydrogens is 513 g/mol. The number of non-ortho nitro benzene ring substituents is 1. The van der Waals surface area contributed by atoms with E-state index in [4.69, 9.17) is 16.3 Å². The highest BCUT2D eigenvalue weighted by molar-refractivity contribution is 9.11. The van der Waals surface area contributed by atoms with E-state index in [1.54, 1.807) is 13.2 Å². The molecule has 0 bridgehead atoms. The van der Waals surface area contributed by atoms with Gasteiger partial charge < -0.3 is 15.4 Å². The monoisotopic (exact) mass is 527 g/mol. The maximum absolute atomic E-state index is 10.7. The molecule has 0 fully saturated rings. The molecule has 0 saturated heterocycles. The fraction of sp³-hybridized carbons (Fsp3) is 0.250. The Labute approximate surface area is 179 Å². The third kappa shape index (κ3) is 6.28. The molecule has 0 aliphatic carbocycles. The van der Waals surface area contributed by atoms with Gasteiger partial charge in [0.25, 0.3) is 5.69 Å². The number of halogens is 4. The molecular formula is C16H17Br2Cl2N3O3. The van der Waals surface area contributed by atoms with Gasteiger partial charge in [-0.1, -0.05) is 27.5 Å². The van der Waals surface area contributed by atoms with Gasteiger partial charge >= 0.3 is 0 Å². The third-order valence-electron chi connectivity index (χ3n) is 3.39. The smallest absolute Gasteiger partial charge is 0.271 e. The zero-order valence-electron chi connectivity index (χ0n) is 13.7. The van der Waals surface area contributed by atoms with Crippen molar-refractivity contribution in [2.75, 3.05) is 25.5 Å². The summed E-state index contributed by atoms with van der Waals surface area (Å²) in [4.78, 5) is 10.2. The number of hydrogen-bond donors (Lipinski definition) is 2. The number of rotatable bonds is 8. The summed E-state index contributed by atoms with van der Waals surface area (Å²) in [6.45, 7) is 1.94. The van der Waals surface area contributed by atoms with E-state index in [0.717, 1.165) is 20.3 Å². The lowest BCUT2D eigenvalue weighted by Gasteiger charge is -2.13. The maximum atomic E-state index is 10.7. The van der Waals surface area contributed by atoms with Crippen molar-refractivity contribution in [2.45, 2.75) is 6.54 Å². The summed E-state index contributed by atoms with van der Waals surface area (Å²) >= 11 is 13.0. The van der Waals surface area contributed by atoms with Gasteiger partial charge in [0.05, 0.1) is 27.2 Å². The van der Waals surface area contributed by atoms with Gasteiger partial charge in [-0.2, -0.15) is 0 Å². The number of nitro groups is 1. The Bertz CT molecular complexity index is 779. The highest BCUT2D eigenvalue weighted by Gasteiger charge is 2.10. The summed E-state index contributed by atoms with van der Waals surface area (Å²) < 4.78 is 7.26. The van der Waals surface area contributed by atoms with E-state index in [1.807, 2.05) is 12.1 Å². The number of hydrogen-bond acceptors (Lipinski definition) is 5. The van der Waals surface area contributed by atoms with E-state index < -0.39 is 4.92 Å². The van der Waals surface area contributed by atoms with Crippen LogP contribution in [-0.4, -0.2) is 25.1 Å². The predicted molar refractivity (Wildman–Crippen MR) is 114 cm³/mol. The molecule has 0 aliphatic rings. The van der Waals surface area contributed by atoms with Crippen LogP contribution in [0.15, 0.2) is 39.3 Å². The van der Waals surface area contributed by atoms with Crippen LogP contribution < -0.4 is 15.4 Å². The standard InChI is InChI=1S/C16H16Br2ClN3O3.ClH/c1-25-16-10(6-11(17)7-13(16)18)9-20-4-5-21-15-3-2-12(22(23)24)8-14(15)19;/h2-3,6-8,20-21H,4-5,9H2,1H3;1H. The van der Waals surface area contributed by atoms with E-state index in [9.17, 15) is 10.1 Å². The van der Waals surface area contributed by atoms with Crippen molar-refractivity contribution >= 4 is 67.2 Å². The minimum absolute atomic E-state index is 0. The second-order valence-electron chi connectivity index (χ2n) is 5.10. The largest absolute Gasteiger partial charge is 0.495 e. The molecule has 0 saturated carbocycles. The second kappa shape index (κ2) is 10.9. The summed E-state index contributed by atoms with van der Waals surface area (Å²) in [6.07, 6.45) is 0. The molecule has 0 spiro atoms. The molecule has 0 amide bonds. The predicted octanol–water partition coefficient (Wildman–Crippen LogP) is 5.41. The van der Waals surface area contributed by atoms with Crippen molar-refractivity contribution in [3.8, 4) is 5.75 Å². The number of methoxy groups -OCH3 is 1. The van der Waals surface area contributed by atoms with Crippen LogP contribution in [0.3, 0.4) is 0 Å². The molecule has 0 heterocycles. The molecule has 0 unspecified atom stereocenters. The van der Waals surface area contributed by atoms with Crippen LogP contribution in [0, 0.1) is 10.1 Å². The van der Waals surface area contributed by atoms with Crippen molar-refractivity contribution in [1.29, 1.82) is 0 Å². The molecule has 0 aliphatic heterocycles. The zero-order chi connectivity index (χ0) is 18.4. The van der Waals surface area contributed by atoms with Gasteiger partial charge in [0.2, 0.25) is 0 Å². The molecule has 0 radical (unpaired) electrons. The van der Waals surface area contributed by atoms with Crippen LogP contribution in [0.1, 0.15) is 5.56 Å². The van der Waals surface area contributed by atoms with Crippen molar-refractivity contribution in [1.82, 2.24) is 5.32 Å². The SMILES string of the molecule is COc1c(Br)cc(Br)cc1CNCCNc1ccc([N+](=O)[O-])cc1Cl.Cl. The first-order valence-electron chi connectivity index (χ1n) is 7.33. The molecule has 10 heteroatoms. The summed E-state index contributed by atoms with van der Waals surface area (Å²) in [5.74, 6) is 0.794. The molecule has 2 rings (SSSR count). The lowest BCUT2D eigenvalue weighted by Crippen LogP contribution is -2.22. The number of nitrogens with one attached hydrogen (secondary N) is 2. The van der Waals surface area contributed by atoms with Crippen LogP contribution in [0.2, 0.25) is 5.02 Å². The highest BCUT2D eigenvalue weighted by atomic mass is 79.9. The molecule has 6 nitrogen and oxygen atoms in total. The Morgan fingerprint density at radius 3 is 2.58 bits per heavy atom.